The predicted octanol–water partition coefficient (Wildman–Crippen LogP) is 7.28. The molecule has 54 heavy (non-hydrogen) atoms. The van der Waals surface area contributed by atoms with Gasteiger partial charge in [0.05, 0.1) is 36.5 Å². The highest BCUT2D eigenvalue weighted by Crippen LogP contribution is 2.62. The van der Waals surface area contributed by atoms with Gasteiger partial charge in [-0.25, -0.2) is 29.1 Å². The molecule has 2 saturated carbocycles. The molecule has 0 radical (unpaired) electrons. The van der Waals surface area contributed by atoms with Crippen LogP contribution in [0.1, 0.15) is 126 Å². The Labute approximate surface area is 318 Å². The maximum atomic E-state index is 13.1. The van der Waals surface area contributed by atoms with Crippen molar-refractivity contribution in [2.24, 2.45) is 47.3 Å². The van der Waals surface area contributed by atoms with Crippen molar-refractivity contribution in [3.8, 4) is 0 Å². The summed E-state index contributed by atoms with van der Waals surface area (Å²) in [6, 6.07) is 6.42. The molecule has 1 aromatic carbocycles. The number of benzene rings is 1. The highest BCUT2D eigenvalue weighted by molar-refractivity contribution is 5.93. The number of hydrogen-bond acceptors (Lipinski definition) is 12. The molecule has 0 aromatic heterocycles. The minimum absolute atomic E-state index is 0.150. The summed E-state index contributed by atoms with van der Waals surface area (Å²) in [6.45, 7) is 13.3. The molecule has 8 saturated heterocycles. The Hall–Kier alpha value is -2.16. The Morgan fingerprint density at radius 2 is 1.00 bits per heavy atom. The lowest BCUT2D eigenvalue weighted by atomic mass is 9.57. The van der Waals surface area contributed by atoms with E-state index in [9.17, 15) is 9.59 Å². The Bertz CT molecular complexity index is 1470. The van der Waals surface area contributed by atoms with Crippen molar-refractivity contribution in [3.05, 3.63) is 35.4 Å². The van der Waals surface area contributed by atoms with Crippen molar-refractivity contribution in [1.82, 2.24) is 0 Å². The van der Waals surface area contributed by atoms with Gasteiger partial charge >= 0.3 is 11.9 Å². The predicted molar refractivity (Wildman–Crippen MR) is 190 cm³/mol. The lowest BCUT2D eigenvalue weighted by Crippen LogP contribution is -2.70. The highest BCUT2D eigenvalue weighted by Gasteiger charge is 2.70. The van der Waals surface area contributed by atoms with Crippen LogP contribution in [-0.2, 0) is 48.0 Å². The van der Waals surface area contributed by atoms with E-state index >= 15 is 0 Å². The Kier molecular flexibility index (Phi) is 9.53. The molecule has 10 fully saturated rings. The van der Waals surface area contributed by atoms with Gasteiger partial charge in [0.1, 0.15) is 0 Å². The van der Waals surface area contributed by atoms with Crippen LogP contribution >= 0.6 is 0 Å². The monoisotopic (exact) mass is 754 g/mol. The van der Waals surface area contributed by atoms with E-state index in [2.05, 4.69) is 27.7 Å². The fraction of sp³-hybridized carbons (Fsp3) is 0.810. The Morgan fingerprint density at radius 1 is 0.593 bits per heavy atom. The van der Waals surface area contributed by atoms with Crippen molar-refractivity contribution in [1.29, 1.82) is 0 Å². The summed E-state index contributed by atoms with van der Waals surface area (Å²) in [4.78, 5) is 50.5. The molecule has 2 aliphatic carbocycles. The summed E-state index contributed by atoms with van der Waals surface area (Å²) in [7, 11) is 0. The fourth-order valence-electron chi connectivity index (χ4n) is 12.1. The first-order valence-electron chi connectivity index (χ1n) is 20.7. The molecule has 12 nitrogen and oxygen atoms in total. The van der Waals surface area contributed by atoms with Crippen molar-refractivity contribution in [3.63, 3.8) is 0 Å². The number of esters is 2. The van der Waals surface area contributed by atoms with E-state index in [4.69, 9.17) is 48.0 Å². The highest BCUT2D eigenvalue weighted by atomic mass is 17.3. The average molecular weight is 755 g/mol. The van der Waals surface area contributed by atoms with Crippen molar-refractivity contribution < 1.29 is 57.6 Å². The molecule has 4 bridgehead atoms. The van der Waals surface area contributed by atoms with E-state index in [0.717, 1.165) is 51.4 Å². The zero-order valence-electron chi connectivity index (χ0n) is 32.6. The van der Waals surface area contributed by atoms with Gasteiger partial charge in [0.15, 0.2) is 23.8 Å². The van der Waals surface area contributed by atoms with Crippen LogP contribution in [0.3, 0.4) is 0 Å². The maximum absolute atomic E-state index is 13.1. The maximum Gasteiger partial charge on any atom is 0.338 e. The first-order valence-corrected chi connectivity index (χ1v) is 20.7. The molecule has 0 amide bonds. The van der Waals surface area contributed by atoms with Gasteiger partial charge in [0, 0.05) is 37.5 Å². The first-order chi connectivity index (χ1) is 25.9. The van der Waals surface area contributed by atoms with Gasteiger partial charge in [-0.3, -0.25) is 0 Å². The summed E-state index contributed by atoms with van der Waals surface area (Å²) in [5.41, 5.74) is -0.489. The normalized spacial score (nSPS) is 48.9. The molecule has 8 heterocycles. The van der Waals surface area contributed by atoms with Gasteiger partial charge < -0.3 is 28.4 Å². The van der Waals surface area contributed by atoms with Gasteiger partial charge in [0.25, 0.3) is 0 Å². The van der Waals surface area contributed by atoms with Gasteiger partial charge in [-0.1, -0.05) is 27.7 Å². The molecule has 4 unspecified atom stereocenters. The summed E-state index contributed by atoms with van der Waals surface area (Å²) in [5.74, 6) is -0.150. The lowest BCUT2D eigenvalue weighted by molar-refractivity contribution is -0.571. The molecule has 1 aromatic rings. The molecule has 10 aliphatic rings. The van der Waals surface area contributed by atoms with Crippen LogP contribution in [-0.4, -0.2) is 72.7 Å². The van der Waals surface area contributed by atoms with Crippen LogP contribution in [0.25, 0.3) is 0 Å². The molecule has 16 atom stereocenters. The van der Waals surface area contributed by atoms with Crippen LogP contribution < -0.4 is 0 Å². The third kappa shape index (κ3) is 5.91. The standard InChI is InChI=1S/C42H58O12/c1-23-7-13-31-25(3)33(47-37-41(31)29(23)15-19-39(5,49-37)51-53-41)17-21-45-35(43)27-9-11-28(12-10-27)36(44)46-22-18-34-26(4)32-14-8-24(2)30-16-20-40(6)50-38(48-34)42(30,32)54-52-40/h9-12,23-26,29-34,37-38H,7-8,13-22H2,1-6H3/t23-,24-,25-,26-,29?,30?,31?,32?,33-,34-,37-,38-,39+,40+,41-,42-/m1/s1. The number of rotatable bonds is 8. The third-order valence-corrected chi connectivity index (χ3v) is 15.2. The van der Waals surface area contributed by atoms with Crippen LogP contribution in [0.15, 0.2) is 24.3 Å². The third-order valence-electron chi connectivity index (χ3n) is 15.2. The van der Waals surface area contributed by atoms with Gasteiger partial charge in [-0.05, 0) is 112 Å². The molecule has 298 valence electrons. The van der Waals surface area contributed by atoms with Crippen molar-refractivity contribution >= 4 is 11.9 Å². The van der Waals surface area contributed by atoms with E-state index in [0.29, 0.717) is 47.6 Å². The van der Waals surface area contributed by atoms with Crippen LogP contribution in [0.2, 0.25) is 0 Å². The molecule has 8 aliphatic heterocycles. The van der Waals surface area contributed by atoms with E-state index in [-0.39, 0.29) is 49.1 Å². The molecule has 2 spiro atoms. The zero-order valence-corrected chi connectivity index (χ0v) is 32.6. The van der Waals surface area contributed by atoms with E-state index < -0.39 is 47.3 Å². The van der Waals surface area contributed by atoms with E-state index in [1.807, 2.05) is 13.8 Å². The molecule has 12 heteroatoms. The summed E-state index contributed by atoms with van der Waals surface area (Å²) in [5, 5.41) is 0. The summed E-state index contributed by atoms with van der Waals surface area (Å²) < 4.78 is 37.6. The van der Waals surface area contributed by atoms with Crippen molar-refractivity contribution in [2.75, 3.05) is 13.2 Å². The number of fused-ring (bicyclic) bond motifs is 4. The molecule has 11 rings (SSSR count). The smallest absolute Gasteiger partial charge is 0.338 e. The minimum Gasteiger partial charge on any atom is -0.462 e. The average Bonchev–Trinajstić information content (AvgIpc) is 3.53. The SMILES string of the molecule is C[C@@H]1CCC2[C@@H](C)[C@@H](CCOC(=O)c3ccc(C(=O)OCC[C@H]4O[C@@H]5O[C@]6(C)CCC7[C@H](C)CCC([C@H]4C)[C@]75OO6)cc3)O[C@@H]3O[C@]4(C)CCC1[C@@]23OO4. The van der Waals surface area contributed by atoms with Crippen molar-refractivity contribution in [2.45, 2.75) is 153 Å². The molecular weight excluding hydrogens is 696 g/mol. The minimum atomic E-state index is -0.827. The summed E-state index contributed by atoms with van der Waals surface area (Å²) in [6.07, 6.45) is 7.54. The van der Waals surface area contributed by atoms with Gasteiger partial charge in [-0.15, -0.1) is 0 Å². The van der Waals surface area contributed by atoms with Crippen LogP contribution in [0.4, 0.5) is 0 Å². The first kappa shape index (κ1) is 37.4. The van der Waals surface area contributed by atoms with Gasteiger partial charge in [0.2, 0.25) is 11.6 Å². The number of hydrogen-bond donors (Lipinski definition) is 0. The second-order valence-corrected chi connectivity index (χ2v) is 18.3. The number of carbonyl (C=O) groups is 2. The Balaban J connectivity index is 0.766. The molecule has 0 N–H and O–H groups in total. The lowest BCUT2D eigenvalue weighted by Gasteiger charge is -2.60. The molecular formula is C42H58O12. The topological polar surface area (TPSA) is 126 Å². The van der Waals surface area contributed by atoms with E-state index in [1.54, 1.807) is 24.3 Å². The van der Waals surface area contributed by atoms with E-state index in [1.165, 1.54) is 0 Å². The second kappa shape index (κ2) is 13.7. The fourth-order valence-corrected chi connectivity index (χ4v) is 12.1. The quantitative estimate of drug-likeness (QED) is 0.196. The number of ether oxygens (including phenoxy) is 6. The largest absolute Gasteiger partial charge is 0.462 e. The number of carbonyl (C=O) groups excluding carboxylic acids is 2. The van der Waals surface area contributed by atoms with Crippen LogP contribution in [0.5, 0.6) is 0 Å². The Morgan fingerprint density at radius 3 is 1.41 bits per heavy atom. The van der Waals surface area contributed by atoms with Crippen LogP contribution in [0, 0.1) is 47.3 Å². The van der Waals surface area contributed by atoms with Gasteiger partial charge in [-0.2, -0.15) is 0 Å². The second-order valence-electron chi connectivity index (χ2n) is 18.3. The zero-order chi connectivity index (χ0) is 37.6. The summed E-state index contributed by atoms with van der Waals surface area (Å²) >= 11 is 0.